The van der Waals surface area contributed by atoms with E-state index in [1.165, 1.54) is 13.0 Å². The van der Waals surface area contributed by atoms with Gasteiger partial charge in [-0.05, 0) is 30.7 Å². The van der Waals surface area contributed by atoms with Gasteiger partial charge in [0.05, 0.1) is 16.6 Å². The van der Waals surface area contributed by atoms with E-state index in [2.05, 4.69) is 9.97 Å². The number of hydrogen-bond acceptors (Lipinski definition) is 5. The zero-order valence-corrected chi connectivity index (χ0v) is 10.5. The van der Waals surface area contributed by atoms with Gasteiger partial charge in [-0.1, -0.05) is 12.1 Å². The molecular weight excluding hydrogens is 268 g/mol. The molecule has 0 N–H and O–H groups in total. The molecule has 0 atom stereocenters. The van der Waals surface area contributed by atoms with E-state index in [4.69, 9.17) is 16.9 Å². The second-order valence-corrected chi connectivity index (χ2v) is 4.06. The fourth-order valence-corrected chi connectivity index (χ4v) is 1.90. The van der Waals surface area contributed by atoms with Crippen molar-refractivity contribution in [2.24, 2.45) is 0 Å². The highest BCUT2D eigenvalue weighted by molar-refractivity contribution is 6.28. The summed E-state index contributed by atoms with van der Waals surface area (Å²) in [5.74, 6) is 0. The maximum Gasteiger partial charge on any atom is 0.316 e. The maximum absolute atomic E-state index is 11.1. The van der Waals surface area contributed by atoms with Crippen molar-refractivity contribution in [2.45, 2.75) is 6.92 Å². The largest absolute Gasteiger partial charge is 0.316 e. The summed E-state index contributed by atoms with van der Waals surface area (Å²) in [5, 5.41) is 19.9. The lowest BCUT2D eigenvalue weighted by molar-refractivity contribution is -0.385. The molecule has 0 aliphatic carbocycles. The monoisotopic (exact) mass is 274 g/mol. The number of hydrogen-bond donors (Lipinski definition) is 0. The molecule has 0 spiro atoms. The quantitative estimate of drug-likeness (QED) is 0.477. The molecule has 19 heavy (non-hydrogen) atoms. The average molecular weight is 275 g/mol. The second kappa shape index (κ2) is 5.00. The van der Waals surface area contributed by atoms with E-state index < -0.39 is 4.92 Å². The molecule has 0 radical (unpaired) electrons. The molecule has 0 aliphatic heterocycles. The first-order chi connectivity index (χ1) is 9.02. The zero-order valence-electron chi connectivity index (χ0n) is 9.79. The standard InChI is InChI=1S/C12H7ClN4O2/c1-7-11(17(18)19)10(16-12(13)15-7)9-4-2-3-8(5-9)6-14/h2-5H,1H3. The van der Waals surface area contributed by atoms with Crippen LogP contribution in [0.1, 0.15) is 11.3 Å². The molecule has 1 heterocycles. The van der Waals surface area contributed by atoms with E-state index in [0.717, 1.165) is 0 Å². The van der Waals surface area contributed by atoms with Crippen molar-refractivity contribution in [1.29, 1.82) is 5.26 Å². The van der Waals surface area contributed by atoms with Gasteiger partial charge in [0.1, 0.15) is 5.69 Å². The Morgan fingerprint density at radius 3 is 2.79 bits per heavy atom. The molecule has 0 unspecified atom stereocenters. The Balaban J connectivity index is 2.74. The van der Waals surface area contributed by atoms with Crippen LogP contribution in [0, 0.1) is 28.4 Å². The van der Waals surface area contributed by atoms with Crippen LogP contribution in [0.5, 0.6) is 0 Å². The van der Waals surface area contributed by atoms with Crippen molar-refractivity contribution in [2.75, 3.05) is 0 Å². The Hall–Kier alpha value is -2.52. The molecule has 0 fully saturated rings. The lowest BCUT2D eigenvalue weighted by Crippen LogP contribution is -2.01. The highest BCUT2D eigenvalue weighted by atomic mass is 35.5. The number of aromatic nitrogens is 2. The van der Waals surface area contributed by atoms with E-state index >= 15 is 0 Å². The normalized spacial score (nSPS) is 9.95. The smallest absolute Gasteiger partial charge is 0.258 e. The van der Waals surface area contributed by atoms with Crippen LogP contribution in [0.25, 0.3) is 11.3 Å². The number of nitrogens with zero attached hydrogens (tertiary/aromatic N) is 4. The lowest BCUT2D eigenvalue weighted by Gasteiger charge is -2.05. The van der Waals surface area contributed by atoms with Crippen LogP contribution in [0.4, 0.5) is 5.69 Å². The summed E-state index contributed by atoms with van der Waals surface area (Å²) in [6, 6.07) is 8.35. The second-order valence-electron chi connectivity index (χ2n) is 3.72. The number of rotatable bonds is 2. The fraction of sp³-hybridized carbons (Fsp3) is 0.0833. The summed E-state index contributed by atoms with van der Waals surface area (Å²) in [6.45, 7) is 1.49. The fourth-order valence-electron chi connectivity index (χ4n) is 1.69. The number of aryl methyl sites for hydroxylation is 1. The third kappa shape index (κ3) is 2.51. The summed E-state index contributed by atoms with van der Waals surface area (Å²) in [7, 11) is 0. The molecular formula is C12H7ClN4O2. The molecule has 0 aliphatic rings. The van der Waals surface area contributed by atoms with Gasteiger partial charge in [-0.3, -0.25) is 10.1 Å². The predicted octanol–water partition coefficient (Wildman–Crippen LogP) is 2.89. The minimum Gasteiger partial charge on any atom is -0.258 e. The van der Waals surface area contributed by atoms with Crippen LogP contribution in [0.15, 0.2) is 24.3 Å². The first-order valence-corrected chi connectivity index (χ1v) is 5.60. The molecule has 1 aromatic carbocycles. The van der Waals surface area contributed by atoms with Crippen LogP contribution in [-0.4, -0.2) is 14.9 Å². The van der Waals surface area contributed by atoms with Gasteiger partial charge < -0.3 is 0 Å². The minimum absolute atomic E-state index is 0.0690. The van der Waals surface area contributed by atoms with Gasteiger partial charge in [0.25, 0.3) is 0 Å². The van der Waals surface area contributed by atoms with Gasteiger partial charge in [-0.2, -0.15) is 5.26 Å². The molecule has 7 heteroatoms. The number of nitriles is 1. The average Bonchev–Trinajstić information content (AvgIpc) is 2.37. The van der Waals surface area contributed by atoms with Crippen LogP contribution in [0.2, 0.25) is 5.28 Å². The summed E-state index contributed by atoms with van der Waals surface area (Å²) in [5.41, 5.74) is 0.929. The van der Waals surface area contributed by atoms with Crippen molar-refractivity contribution in [3.8, 4) is 17.3 Å². The Labute approximate surface area is 113 Å². The van der Waals surface area contributed by atoms with Gasteiger partial charge >= 0.3 is 5.69 Å². The zero-order chi connectivity index (χ0) is 14.0. The third-order valence-corrected chi connectivity index (χ3v) is 2.65. The van der Waals surface area contributed by atoms with Crippen molar-refractivity contribution in [1.82, 2.24) is 9.97 Å². The summed E-state index contributed by atoms with van der Waals surface area (Å²) in [6.07, 6.45) is 0. The molecule has 0 saturated carbocycles. The van der Waals surface area contributed by atoms with Crippen LogP contribution < -0.4 is 0 Å². The summed E-state index contributed by atoms with van der Waals surface area (Å²) in [4.78, 5) is 18.2. The number of benzene rings is 1. The maximum atomic E-state index is 11.1. The Kier molecular flexibility index (Phi) is 3.40. The Morgan fingerprint density at radius 2 is 2.16 bits per heavy atom. The first kappa shape index (κ1) is 12.9. The van der Waals surface area contributed by atoms with E-state index in [-0.39, 0.29) is 22.4 Å². The first-order valence-electron chi connectivity index (χ1n) is 5.22. The van der Waals surface area contributed by atoms with E-state index in [0.29, 0.717) is 11.1 Å². The summed E-state index contributed by atoms with van der Waals surface area (Å²) < 4.78 is 0. The highest BCUT2D eigenvalue weighted by Gasteiger charge is 2.22. The van der Waals surface area contributed by atoms with Crippen molar-refractivity contribution >= 4 is 17.3 Å². The van der Waals surface area contributed by atoms with Crippen molar-refractivity contribution < 1.29 is 4.92 Å². The Morgan fingerprint density at radius 1 is 1.42 bits per heavy atom. The number of halogens is 1. The SMILES string of the molecule is Cc1nc(Cl)nc(-c2cccc(C#N)c2)c1[N+](=O)[O-]. The van der Waals surface area contributed by atoms with Crippen LogP contribution in [-0.2, 0) is 0 Å². The van der Waals surface area contributed by atoms with Crippen molar-refractivity contribution in [3.05, 3.63) is 50.9 Å². The van der Waals surface area contributed by atoms with Gasteiger partial charge in [0.15, 0.2) is 5.69 Å². The molecule has 0 amide bonds. The molecule has 94 valence electrons. The van der Waals surface area contributed by atoms with Gasteiger partial charge in [-0.15, -0.1) is 0 Å². The summed E-state index contributed by atoms with van der Waals surface area (Å²) >= 11 is 5.74. The molecule has 2 aromatic rings. The molecule has 6 nitrogen and oxygen atoms in total. The lowest BCUT2D eigenvalue weighted by atomic mass is 10.1. The van der Waals surface area contributed by atoms with Crippen LogP contribution in [0.3, 0.4) is 0 Å². The van der Waals surface area contributed by atoms with Gasteiger partial charge in [0.2, 0.25) is 5.28 Å². The Bertz CT molecular complexity index is 709. The molecule has 2 rings (SSSR count). The van der Waals surface area contributed by atoms with Gasteiger partial charge in [-0.25, -0.2) is 9.97 Å². The minimum atomic E-state index is -0.556. The van der Waals surface area contributed by atoms with Crippen LogP contribution >= 0.6 is 11.6 Å². The van der Waals surface area contributed by atoms with Gasteiger partial charge in [0, 0.05) is 5.56 Å². The topological polar surface area (TPSA) is 92.7 Å². The highest BCUT2D eigenvalue weighted by Crippen LogP contribution is 2.31. The number of nitro groups is 1. The van der Waals surface area contributed by atoms with E-state index in [9.17, 15) is 10.1 Å². The van der Waals surface area contributed by atoms with Crippen molar-refractivity contribution in [3.63, 3.8) is 0 Å². The van der Waals surface area contributed by atoms with E-state index in [1.807, 2.05) is 6.07 Å². The predicted molar refractivity (Wildman–Crippen MR) is 68.6 cm³/mol. The molecule has 0 bridgehead atoms. The molecule has 0 saturated heterocycles. The third-order valence-electron chi connectivity index (χ3n) is 2.48. The molecule has 1 aromatic heterocycles. The van der Waals surface area contributed by atoms with E-state index in [1.54, 1.807) is 18.2 Å².